The molecule has 0 spiro atoms. The van der Waals surface area contributed by atoms with E-state index in [1.807, 2.05) is 24.3 Å². The van der Waals surface area contributed by atoms with Crippen LogP contribution in [0.3, 0.4) is 0 Å². The summed E-state index contributed by atoms with van der Waals surface area (Å²) in [4.78, 5) is 4.37. The van der Waals surface area contributed by atoms with Crippen LogP contribution in [0, 0.1) is 0 Å². The van der Waals surface area contributed by atoms with Crippen LogP contribution in [0.2, 0.25) is 10.0 Å². The lowest BCUT2D eigenvalue weighted by Crippen LogP contribution is -2.05. The van der Waals surface area contributed by atoms with Crippen molar-refractivity contribution in [2.24, 2.45) is 0 Å². The SMILES string of the molecule is COc1ccc(CNc2cnnc(Nc3cccc(Cl)c3Cl)n2)cc1. The number of hydrogen-bond acceptors (Lipinski definition) is 6. The second-order valence-electron chi connectivity index (χ2n) is 5.09. The van der Waals surface area contributed by atoms with Crippen molar-refractivity contribution in [3.8, 4) is 5.75 Å². The third-order valence-corrected chi connectivity index (χ3v) is 4.21. The fourth-order valence-corrected chi connectivity index (χ4v) is 2.45. The lowest BCUT2D eigenvalue weighted by atomic mass is 10.2. The minimum absolute atomic E-state index is 0.323. The van der Waals surface area contributed by atoms with E-state index in [1.54, 1.807) is 31.5 Å². The van der Waals surface area contributed by atoms with Gasteiger partial charge >= 0.3 is 0 Å². The van der Waals surface area contributed by atoms with E-state index in [1.165, 1.54) is 0 Å². The van der Waals surface area contributed by atoms with Crippen LogP contribution in [0.15, 0.2) is 48.7 Å². The van der Waals surface area contributed by atoms with E-state index < -0.39 is 0 Å². The molecule has 0 bridgehead atoms. The molecule has 0 unspecified atom stereocenters. The Hall–Kier alpha value is -2.57. The topological polar surface area (TPSA) is 72.0 Å². The predicted octanol–water partition coefficient (Wildman–Crippen LogP) is 4.54. The molecular weight excluding hydrogens is 361 g/mol. The van der Waals surface area contributed by atoms with Crippen molar-refractivity contribution in [2.75, 3.05) is 17.7 Å². The maximum atomic E-state index is 6.15. The number of hydrogen-bond donors (Lipinski definition) is 2. The molecule has 6 nitrogen and oxygen atoms in total. The Labute approximate surface area is 155 Å². The number of ether oxygens (including phenoxy) is 1. The summed E-state index contributed by atoms with van der Waals surface area (Å²) in [5.74, 6) is 1.73. The highest BCUT2D eigenvalue weighted by Gasteiger charge is 2.07. The van der Waals surface area contributed by atoms with E-state index >= 15 is 0 Å². The largest absolute Gasteiger partial charge is 0.497 e. The Morgan fingerprint density at radius 1 is 1.08 bits per heavy atom. The van der Waals surface area contributed by atoms with Gasteiger partial charge in [-0.3, -0.25) is 0 Å². The summed E-state index contributed by atoms with van der Waals surface area (Å²) in [5, 5.41) is 15.0. The normalized spacial score (nSPS) is 10.4. The fourth-order valence-electron chi connectivity index (χ4n) is 2.10. The first-order valence-corrected chi connectivity index (χ1v) is 8.19. The molecule has 0 aliphatic carbocycles. The van der Waals surface area contributed by atoms with Gasteiger partial charge in [-0.15, -0.1) is 5.10 Å². The molecule has 0 aliphatic heterocycles. The molecule has 3 rings (SSSR count). The van der Waals surface area contributed by atoms with Gasteiger partial charge < -0.3 is 15.4 Å². The summed E-state index contributed by atoms with van der Waals surface area (Å²) in [5.41, 5.74) is 1.70. The van der Waals surface area contributed by atoms with E-state index in [4.69, 9.17) is 27.9 Å². The monoisotopic (exact) mass is 375 g/mol. The first kappa shape index (κ1) is 17.3. The molecule has 0 saturated carbocycles. The van der Waals surface area contributed by atoms with Crippen LogP contribution in [0.1, 0.15) is 5.56 Å². The van der Waals surface area contributed by atoms with Crippen molar-refractivity contribution in [3.63, 3.8) is 0 Å². The van der Waals surface area contributed by atoms with Crippen LogP contribution in [-0.2, 0) is 6.54 Å². The number of aromatic nitrogens is 3. The third kappa shape index (κ3) is 4.49. The second-order valence-corrected chi connectivity index (χ2v) is 5.88. The van der Waals surface area contributed by atoms with Crippen molar-refractivity contribution in [1.82, 2.24) is 15.2 Å². The summed E-state index contributed by atoms with van der Waals surface area (Å²) in [6.45, 7) is 0.597. The van der Waals surface area contributed by atoms with Crippen molar-refractivity contribution in [2.45, 2.75) is 6.54 Å². The van der Waals surface area contributed by atoms with Crippen molar-refractivity contribution < 1.29 is 4.74 Å². The Bertz CT molecular complexity index is 858. The summed E-state index contributed by atoms with van der Waals surface area (Å²) >= 11 is 12.2. The zero-order valence-electron chi connectivity index (χ0n) is 13.3. The van der Waals surface area contributed by atoms with Gasteiger partial charge in [-0.25, -0.2) is 0 Å². The molecule has 25 heavy (non-hydrogen) atoms. The van der Waals surface area contributed by atoms with Gasteiger partial charge in [0.05, 0.1) is 29.0 Å². The Kier molecular flexibility index (Phi) is 5.53. The van der Waals surface area contributed by atoms with Gasteiger partial charge in [0, 0.05) is 6.54 Å². The van der Waals surface area contributed by atoms with Crippen LogP contribution in [0.5, 0.6) is 5.75 Å². The van der Waals surface area contributed by atoms with Gasteiger partial charge in [-0.2, -0.15) is 10.1 Å². The molecular formula is C17H15Cl2N5O. The molecule has 3 aromatic rings. The smallest absolute Gasteiger partial charge is 0.249 e. The van der Waals surface area contributed by atoms with Gasteiger partial charge in [0.2, 0.25) is 5.95 Å². The molecule has 128 valence electrons. The van der Waals surface area contributed by atoms with E-state index in [-0.39, 0.29) is 0 Å². The minimum Gasteiger partial charge on any atom is -0.497 e. The quantitative estimate of drug-likeness (QED) is 0.658. The van der Waals surface area contributed by atoms with Crippen molar-refractivity contribution in [1.29, 1.82) is 0 Å². The van der Waals surface area contributed by atoms with Crippen LogP contribution in [0.25, 0.3) is 0 Å². The summed E-state index contributed by atoms with van der Waals surface area (Å²) in [7, 11) is 1.64. The van der Waals surface area contributed by atoms with E-state index in [0.29, 0.717) is 34.0 Å². The molecule has 1 heterocycles. The highest BCUT2D eigenvalue weighted by Crippen LogP contribution is 2.30. The highest BCUT2D eigenvalue weighted by molar-refractivity contribution is 6.43. The maximum absolute atomic E-state index is 6.15. The van der Waals surface area contributed by atoms with Crippen LogP contribution in [-0.4, -0.2) is 22.3 Å². The zero-order valence-corrected chi connectivity index (χ0v) is 14.8. The summed E-state index contributed by atoms with van der Waals surface area (Å²) in [6, 6.07) is 13.1. The molecule has 8 heteroatoms. The maximum Gasteiger partial charge on any atom is 0.249 e. The molecule has 0 radical (unpaired) electrons. The van der Waals surface area contributed by atoms with Gasteiger partial charge in [-0.05, 0) is 29.8 Å². The second kappa shape index (κ2) is 8.00. The Morgan fingerprint density at radius 3 is 2.64 bits per heavy atom. The number of benzene rings is 2. The lowest BCUT2D eigenvalue weighted by Gasteiger charge is -2.09. The van der Waals surface area contributed by atoms with Crippen LogP contribution in [0.4, 0.5) is 17.5 Å². The molecule has 0 aliphatic rings. The number of nitrogens with zero attached hydrogens (tertiary/aromatic N) is 3. The molecule has 0 saturated heterocycles. The van der Waals surface area contributed by atoms with Gasteiger partial charge in [-0.1, -0.05) is 41.4 Å². The van der Waals surface area contributed by atoms with E-state index in [9.17, 15) is 0 Å². The molecule has 0 atom stereocenters. The number of anilines is 3. The average Bonchev–Trinajstić information content (AvgIpc) is 2.64. The molecule has 2 N–H and O–H groups in total. The predicted molar refractivity (Wildman–Crippen MR) is 99.9 cm³/mol. The van der Waals surface area contributed by atoms with Gasteiger partial charge in [0.15, 0.2) is 5.82 Å². The lowest BCUT2D eigenvalue weighted by molar-refractivity contribution is 0.414. The number of nitrogens with one attached hydrogen (secondary N) is 2. The third-order valence-electron chi connectivity index (χ3n) is 3.39. The Balaban J connectivity index is 1.67. The highest BCUT2D eigenvalue weighted by atomic mass is 35.5. The molecule has 1 aromatic heterocycles. The summed E-state index contributed by atoms with van der Waals surface area (Å²) < 4.78 is 5.14. The van der Waals surface area contributed by atoms with E-state index in [2.05, 4.69) is 25.8 Å². The number of halogens is 2. The average molecular weight is 376 g/mol. The minimum atomic E-state index is 0.323. The number of methoxy groups -OCH3 is 1. The first-order valence-electron chi connectivity index (χ1n) is 7.43. The summed E-state index contributed by atoms with van der Waals surface area (Å²) in [6.07, 6.45) is 1.55. The van der Waals surface area contributed by atoms with Crippen LogP contribution >= 0.6 is 23.2 Å². The first-order chi connectivity index (χ1) is 12.2. The van der Waals surface area contributed by atoms with Crippen LogP contribution < -0.4 is 15.4 Å². The number of rotatable bonds is 6. The fraction of sp³-hybridized carbons (Fsp3) is 0.118. The molecule has 0 fully saturated rings. The zero-order chi connectivity index (χ0) is 17.6. The van der Waals surface area contributed by atoms with Crippen molar-refractivity contribution in [3.05, 3.63) is 64.3 Å². The van der Waals surface area contributed by atoms with Gasteiger partial charge in [0.1, 0.15) is 5.75 Å². The van der Waals surface area contributed by atoms with Crippen molar-refractivity contribution >= 4 is 40.7 Å². The molecule has 2 aromatic carbocycles. The molecule has 0 amide bonds. The van der Waals surface area contributed by atoms with E-state index in [0.717, 1.165) is 11.3 Å². The van der Waals surface area contributed by atoms with Gasteiger partial charge in [0.25, 0.3) is 0 Å². The Morgan fingerprint density at radius 2 is 1.88 bits per heavy atom. The standard InChI is InChI=1S/C17H15Cl2N5O/c1-25-12-7-5-11(6-8-12)9-20-15-10-21-24-17(23-15)22-14-4-2-3-13(18)16(14)19/h2-8,10H,9H2,1H3,(H2,20,22,23,24).